The van der Waals surface area contributed by atoms with E-state index in [0.717, 1.165) is 25.7 Å². The molecule has 0 bridgehead atoms. The Morgan fingerprint density at radius 2 is 1.81 bits per heavy atom. The molecule has 2 rings (SSSR count). The Kier molecular flexibility index (Phi) is 4.85. The number of likely N-dealkylation sites (tertiary alicyclic amines) is 1. The number of aliphatic carboxylic acids is 1. The second kappa shape index (κ2) is 6.45. The number of primary amides is 1. The largest absolute Gasteiger partial charge is 0.481 e. The summed E-state index contributed by atoms with van der Waals surface area (Å²) in [6.07, 6.45) is 5.42. The van der Waals surface area contributed by atoms with E-state index in [1.165, 1.54) is 0 Å². The lowest BCUT2D eigenvalue weighted by molar-refractivity contribution is -0.156. The van der Waals surface area contributed by atoms with Crippen molar-refractivity contribution in [1.82, 2.24) is 4.90 Å². The van der Waals surface area contributed by atoms with Crippen LogP contribution in [0.3, 0.4) is 0 Å². The van der Waals surface area contributed by atoms with E-state index in [0.29, 0.717) is 32.4 Å². The SMILES string of the molecule is NC(=O)C1CCCN(C(=O)CC2(C(=O)O)CCCCC2)C1. The van der Waals surface area contributed by atoms with Crippen molar-refractivity contribution in [1.29, 1.82) is 0 Å². The van der Waals surface area contributed by atoms with Gasteiger partial charge in [-0.3, -0.25) is 14.4 Å². The quantitative estimate of drug-likeness (QED) is 0.812. The Hall–Kier alpha value is -1.59. The predicted molar refractivity (Wildman–Crippen MR) is 76.3 cm³/mol. The minimum atomic E-state index is -0.908. The van der Waals surface area contributed by atoms with Gasteiger partial charge in [0.15, 0.2) is 0 Å². The van der Waals surface area contributed by atoms with E-state index in [-0.39, 0.29) is 24.2 Å². The highest BCUT2D eigenvalue weighted by Crippen LogP contribution is 2.40. The summed E-state index contributed by atoms with van der Waals surface area (Å²) in [6.45, 7) is 0.933. The topological polar surface area (TPSA) is 101 Å². The summed E-state index contributed by atoms with van der Waals surface area (Å²) in [5.41, 5.74) is 4.41. The van der Waals surface area contributed by atoms with Gasteiger partial charge in [-0.1, -0.05) is 19.3 Å². The lowest BCUT2D eigenvalue weighted by Gasteiger charge is -2.36. The van der Waals surface area contributed by atoms with Gasteiger partial charge in [-0.25, -0.2) is 0 Å². The normalized spacial score (nSPS) is 25.3. The summed E-state index contributed by atoms with van der Waals surface area (Å²) in [6, 6.07) is 0. The Bertz CT molecular complexity index is 429. The summed E-state index contributed by atoms with van der Waals surface area (Å²) >= 11 is 0. The first-order valence-electron chi connectivity index (χ1n) is 7.75. The van der Waals surface area contributed by atoms with Crippen molar-refractivity contribution in [2.24, 2.45) is 17.1 Å². The maximum absolute atomic E-state index is 12.5. The minimum absolute atomic E-state index is 0.0494. The Balaban J connectivity index is 2.02. The molecule has 1 heterocycles. The number of nitrogens with zero attached hydrogens (tertiary/aromatic N) is 1. The number of piperidine rings is 1. The molecule has 1 atom stereocenters. The van der Waals surface area contributed by atoms with Crippen molar-refractivity contribution in [2.75, 3.05) is 13.1 Å². The highest BCUT2D eigenvalue weighted by Gasteiger charge is 2.42. The minimum Gasteiger partial charge on any atom is -0.481 e. The summed E-state index contributed by atoms with van der Waals surface area (Å²) in [5, 5.41) is 9.53. The summed E-state index contributed by atoms with van der Waals surface area (Å²) in [5.74, 6) is -1.68. The molecule has 1 aliphatic carbocycles. The second-order valence-electron chi connectivity index (χ2n) is 6.40. The molecule has 0 aromatic heterocycles. The zero-order valence-corrected chi connectivity index (χ0v) is 12.3. The molecule has 2 fully saturated rings. The third-order valence-electron chi connectivity index (χ3n) is 4.93. The molecule has 0 spiro atoms. The number of hydrogen-bond donors (Lipinski definition) is 2. The van der Waals surface area contributed by atoms with Gasteiger partial charge in [0, 0.05) is 19.5 Å². The van der Waals surface area contributed by atoms with E-state index in [1.54, 1.807) is 4.90 Å². The number of hydrogen-bond acceptors (Lipinski definition) is 3. The highest BCUT2D eigenvalue weighted by atomic mass is 16.4. The Labute approximate surface area is 124 Å². The number of carbonyl (C=O) groups excluding carboxylic acids is 2. The van der Waals surface area contributed by atoms with Crippen LogP contribution in [0.5, 0.6) is 0 Å². The fraction of sp³-hybridized carbons (Fsp3) is 0.800. The lowest BCUT2D eigenvalue weighted by atomic mass is 9.71. The Morgan fingerprint density at radius 3 is 2.38 bits per heavy atom. The van der Waals surface area contributed by atoms with Crippen molar-refractivity contribution in [2.45, 2.75) is 51.4 Å². The van der Waals surface area contributed by atoms with Gasteiger partial charge in [0.25, 0.3) is 0 Å². The number of carbonyl (C=O) groups is 3. The van der Waals surface area contributed by atoms with Gasteiger partial charge in [-0.15, -0.1) is 0 Å². The predicted octanol–water partition coefficient (Wildman–Crippen LogP) is 1.14. The van der Waals surface area contributed by atoms with Crippen LogP contribution in [-0.2, 0) is 14.4 Å². The molecule has 21 heavy (non-hydrogen) atoms. The summed E-state index contributed by atoms with van der Waals surface area (Å²) in [7, 11) is 0. The smallest absolute Gasteiger partial charge is 0.310 e. The van der Waals surface area contributed by atoms with E-state index >= 15 is 0 Å². The maximum atomic E-state index is 12.5. The number of carboxylic acid groups (broad SMARTS) is 1. The van der Waals surface area contributed by atoms with Crippen LogP contribution in [0.15, 0.2) is 0 Å². The molecule has 1 aliphatic heterocycles. The van der Waals surface area contributed by atoms with Gasteiger partial charge in [0.2, 0.25) is 11.8 Å². The van der Waals surface area contributed by atoms with Crippen LogP contribution in [0.1, 0.15) is 51.4 Å². The van der Waals surface area contributed by atoms with Crippen molar-refractivity contribution >= 4 is 17.8 Å². The second-order valence-corrected chi connectivity index (χ2v) is 6.40. The third kappa shape index (κ3) is 3.54. The maximum Gasteiger partial charge on any atom is 0.310 e. The first-order chi connectivity index (χ1) is 9.94. The summed E-state index contributed by atoms with van der Waals surface area (Å²) in [4.78, 5) is 37.0. The molecular formula is C15H24N2O4. The van der Waals surface area contributed by atoms with Crippen LogP contribution in [0.25, 0.3) is 0 Å². The zero-order chi connectivity index (χ0) is 15.5. The van der Waals surface area contributed by atoms with E-state index < -0.39 is 11.4 Å². The summed E-state index contributed by atoms with van der Waals surface area (Å²) < 4.78 is 0. The molecule has 2 aliphatic rings. The van der Waals surface area contributed by atoms with Crippen LogP contribution in [-0.4, -0.2) is 40.9 Å². The van der Waals surface area contributed by atoms with Crippen molar-refractivity contribution in [3.63, 3.8) is 0 Å². The average Bonchev–Trinajstić information content (AvgIpc) is 2.48. The van der Waals surface area contributed by atoms with Crippen molar-refractivity contribution < 1.29 is 19.5 Å². The van der Waals surface area contributed by atoms with E-state index in [9.17, 15) is 19.5 Å². The van der Waals surface area contributed by atoms with Crippen LogP contribution >= 0.6 is 0 Å². The van der Waals surface area contributed by atoms with Gasteiger partial charge in [0.05, 0.1) is 11.3 Å². The van der Waals surface area contributed by atoms with Gasteiger partial charge in [-0.05, 0) is 25.7 Å². The fourth-order valence-corrected chi connectivity index (χ4v) is 3.53. The van der Waals surface area contributed by atoms with Crippen molar-refractivity contribution in [3.8, 4) is 0 Å². The average molecular weight is 296 g/mol. The van der Waals surface area contributed by atoms with Crippen LogP contribution in [0.4, 0.5) is 0 Å². The molecular weight excluding hydrogens is 272 g/mol. The molecule has 6 heteroatoms. The monoisotopic (exact) mass is 296 g/mol. The molecule has 0 aromatic carbocycles. The lowest BCUT2D eigenvalue weighted by Crippen LogP contribution is -2.47. The number of carboxylic acids is 1. The van der Waals surface area contributed by atoms with Crippen LogP contribution in [0.2, 0.25) is 0 Å². The molecule has 1 saturated carbocycles. The molecule has 6 nitrogen and oxygen atoms in total. The highest BCUT2D eigenvalue weighted by molar-refractivity contribution is 5.86. The van der Waals surface area contributed by atoms with Gasteiger partial charge >= 0.3 is 5.97 Å². The molecule has 1 unspecified atom stereocenters. The van der Waals surface area contributed by atoms with E-state index in [2.05, 4.69) is 0 Å². The van der Waals surface area contributed by atoms with E-state index in [1.807, 2.05) is 0 Å². The fourth-order valence-electron chi connectivity index (χ4n) is 3.53. The van der Waals surface area contributed by atoms with E-state index in [4.69, 9.17) is 5.73 Å². The molecule has 0 aromatic rings. The zero-order valence-electron chi connectivity index (χ0n) is 12.3. The van der Waals surface area contributed by atoms with Crippen LogP contribution < -0.4 is 5.73 Å². The van der Waals surface area contributed by atoms with Gasteiger partial charge in [-0.2, -0.15) is 0 Å². The first-order valence-corrected chi connectivity index (χ1v) is 7.75. The molecule has 118 valence electrons. The number of nitrogens with two attached hydrogens (primary N) is 1. The standard InChI is InChI=1S/C15H24N2O4/c16-13(19)11-5-4-8-17(10-11)12(18)9-15(14(20)21)6-2-1-3-7-15/h11H,1-10H2,(H2,16,19)(H,20,21). The molecule has 2 amide bonds. The number of rotatable bonds is 4. The van der Waals surface area contributed by atoms with Gasteiger partial charge < -0.3 is 15.7 Å². The molecule has 1 saturated heterocycles. The van der Waals surface area contributed by atoms with Crippen LogP contribution in [0, 0.1) is 11.3 Å². The number of amides is 2. The first kappa shape index (κ1) is 15.8. The third-order valence-corrected chi connectivity index (χ3v) is 4.93. The van der Waals surface area contributed by atoms with Crippen molar-refractivity contribution in [3.05, 3.63) is 0 Å². The Morgan fingerprint density at radius 1 is 1.14 bits per heavy atom. The van der Waals surface area contributed by atoms with Gasteiger partial charge in [0.1, 0.15) is 0 Å². The molecule has 3 N–H and O–H groups in total. The molecule has 0 radical (unpaired) electrons.